The van der Waals surface area contributed by atoms with Crippen LogP contribution in [0.1, 0.15) is 29.9 Å². The summed E-state index contributed by atoms with van der Waals surface area (Å²) >= 11 is 0. The fraction of sp³-hybridized carbons (Fsp3) is 0.400. The minimum Gasteiger partial charge on any atom is -0.482 e. The summed E-state index contributed by atoms with van der Waals surface area (Å²) in [5.41, 5.74) is 1.71. The molecule has 20 heavy (non-hydrogen) atoms. The van der Waals surface area contributed by atoms with Gasteiger partial charge in [-0.05, 0) is 37.5 Å². The van der Waals surface area contributed by atoms with E-state index in [-0.39, 0.29) is 18.2 Å². The van der Waals surface area contributed by atoms with Crippen molar-refractivity contribution in [3.63, 3.8) is 0 Å². The van der Waals surface area contributed by atoms with E-state index in [1.807, 2.05) is 13.0 Å². The molecule has 0 radical (unpaired) electrons. The van der Waals surface area contributed by atoms with Gasteiger partial charge in [0.15, 0.2) is 17.3 Å². The lowest BCUT2D eigenvalue weighted by Crippen LogP contribution is -2.15. The summed E-state index contributed by atoms with van der Waals surface area (Å²) in [5.74, 6) is 0.465. The van der Waals surface area contributed by atoms with Gasteiger partial charge in [0.2, 0.25) is 0 Å². The fourth-order valence-electron chi connectivity index (χ4n) is 1.95. The number of aromatic nitrogens is 1. The highest BCUT2D eigenvalue weighted by Crippen LogP contribution is 2.22. The second-order valence-corrected chi connectivity index (χ2v) is 5.14. The predicted molar refractivity (Wildman–Crippen MR) is 71.8 cm³/mol. The van der Waals surface area contributed by atoms with E-state index in [1.54, 1.807) is 12.1 Å². The van der Waals surface area contributed by atoms with E-state index in [0.29, 0.717) is 18.3 Å². The first kappa shape index (κ1) is 13.1. The van der Waals surface area contributed by atoms with Crippen molar-refractivity contribution in [2.75, 3.05) is 0 Å². The highest BCUT2D eigenvalue weighted by Gasteiger charge is 2.20. The summed E-state index contributed by atoms with van der Waals surface area (Å²) in [7, 11) is 0. The number of ether oxygens (including phenoxy) is 1. The Morgan fingerprint density at radius 3 is 2.90 bits per heavy atom. The van der Waals surface area contributed by atoms with Gasteiger partial charge >= 0.3 is 0 Å². The Labute approximate surface area is 116 Å². The Balaban J connectivity index is 1.58. The topological polar surface area (TPSA) is 47.3 Å². The van der Waals surface area contributed by atoms with Crippen molar-refractivity contribution < 1.29 is 13.7 Å². The van der Waals surface area contributed by atoms with Crippen LogP contribution < -0.4 is 10.1 Å². The normalized spacial score (nSPS) is 14.5. The van der Waals surface area contributed by atoms with Crippen LogP contribution in [0.15, 0.2) is 28.8 Å². The number of nitrogens with zero attached hydrogens (tertiary/aromatic N) is 1. The van der Waals surface area contributed by atoms with Gasteiger partial charge in [-0.15, -0.1) is 0 Å². The van der Waals surface area contributed by atoms with Gasteiger partial charge in [0.1, 0.15) is 6.61 Å². The first-order valence-corrected chi connectivity index (χ1v) is 6.77. The minimum atomic E-state index is -0.351. The van der Waals surface area contributed by atoms with E-state index >= 15 is 0 Å². The summed E-state index contributed by atoms with van der Waals surface area (Å²) < 4.78 is 24.3. The number of hydrogen-bond acceptors (Lipinski definition) is 4. The maximum Gasteiger partial charge on any atom is 0.174 e. The Kier molecular flexibility index (Phi) is 3.69. The first-order chi connectivity index (χ1) is 9.70. The van der Waals surface area contributed by atoms with Crippen molar-refractivity contribution in [2.45, 2.75) is 39.0 Å². The van der Waals surface area contributed by atoms with Crippen molar-refractivity contribution in [3.05, 3.63) is 47.1 Å². The Bertz CT molecular complexity index is 593. The maximum absolute atomic E-state index is 13.9. The van der Waals surface area contributed by atoms with E-state index in [9.17, 15) is 4.39 Å². The summed E-state index contributed by atoms with van der Waals surface area (Å²) in [5, 5.41) is 7.10. The van der Waals surface area contributed by atoms with Crippen LogP contribution in [0.4, 0.5) is 4.39 Å². The van der Waals surface area contributed by atoms with Crippen molar-refractivity contribution in [1.29, 1.82) is 0 Å². The number of rotatable bonds is 6. The Morgan fingerprint density at radius 1 is 1.40 bits per heavy atom. The molecule has 1 saturated carbocycles. The number of benzene rings is 1. The molecule has 0 amide bonds. The van der Waals surface area contributed by atoms with Gasteiger partial charge in [-0.1, -0.05) is 11.2 Å². The molecule has 0 saturated heterocycles. The monoisotopic (exact) mass is 276 g/mol. The molecular formula is C15H17FN2O2. The summed E-state index contributed by atoms with van der Waals surface area (Å²) in [6, 6.07) is 7.42. The van der Waals surface area contributed by atoms with Gasteiger partial charge < -0.3 is 14.6 Å². The molecule has 0 aliphatic heterocycles. The van der Waals surface area contributed by atoms with E-state index in [4.69, 9.17) is 9.26 Å². The van der Waals surface area contributed by atoms with E-state index in [0.717, 1.165) is 11.3 Å². The third-order valence-electron chi connectivity index (χ3n) is 3.22. The zero-order valence-electron chi connectivity index (χ0n) is 11.4. The van der Waals surface area contributed by atoms with Crippen LogP contribution in [0.3, 0.4) is 0 Å². The number of nitrogens with one attached hydrogen (secondary N) is 1. The predicted octanol–water partition coefficient (Wildman–Crippen LogP) is 2.95. The van der Waals surface area contributed by atoms with E-state index < -0.39 is 0 Å². The van der Waals surface area contributed by atoms with Gasteiger partial charge in [0, 0.05) is 18.7 Å². The van der Waals surface area contributed by atoms with Gasteiger partial charge in [0.05, 0.1) is 5.69 Å². The second kappa shape index (κ2) is 5.63. The molecule has 0 unspecified atom stereocenters. The third-order valence-corrected chi connectivity index (χ3v) is 3.22. The molecule has 1 aromatic carbocycles. The van der Waals surface area contributed by atoms with E-state index in [1.165, 1.54) is 18.9 Å². The van der Waals surface area contributed by atoms with Gasteiger partial charge in [-0.25, -0.2) is 4.39 Å². The quantitative estimate of drug-likeness (QED) is 0.881. The largest absolute Gasteiger partial charge is 0.482 e. The number of hydrogen-bond donors (Lipinski definition) is 1. The molecule has 0 spiro atoms. The van der Waals surface area contributed by atoms with Crippen molar-refractivity contribution in [3.8, 4) is 5.75 Å². The lowest BCUT2D eigenvalue weighted by atomic mass is 10.2. The SMILES string of the molecule is Cc1cc(COc2ccc(CNC3CC3)cc2F)on1. The molecule has 106 valence electrons. The molecule has 1 fully saturated rings. The summed E-state index contributed by atoms with van der Waals surface area (Å²) in [6.07, 6.45) is 2.44. The van der Waals surface area contributed by atoms with Gasteiger partial charge in [-0.2, -0.15) is 0 Å². The highest BCUT2D eigenvalue weighted by molar-refractivity contribution is 5.29. The summed E-state index contributed by atoms with van der Waals surface area (Å²) in [6.45, 7) is 2.70. The zero-order chi connectivity index (χ0) is 13.9. The van der Waals surface area contributed by atoms with Gasteiger partial charge in [0.25, 0.3) is 0 Å². The molecule has 5 heteroatoms. The smallest absolute Gasteiger partial charge is 0.174 e. The van der Waals surface area contributed by atoms with Crippen LogP contribution in [-0.4, -0.2) is 11.2 Å². The molecule has 4 nitrogen and oxygen atoms in total. The average molecular weight is 276 g/mol. The van der Waals surface area contributed by atoms with Crippen LogP contribution in [0.5, 0.6) is 5.75 Å². The minimum absolute atomic E-state index is 0.178. The number of aryl methyl sites for hydroxylation is 1. The van der Waals surface area contributed by atoms with Crippen LogP contribution in [-0.2, 0) is 13.2 Å². The van der Waals surface area contributed by atoms with Gasteiger partial charge in [-0.3, -0.25) is 0 Å². The molecule has 0 bridgehead atoms. The standard InChI is InChI=1S/C15H17FN2O2/c1-10-6-13(20-18-10)9-19-15-5-2-11(7-14(15)16)8-17-12-3-4-12/h2,5-7,12,17H,3-4,8-9H2,1H3. The maximum atomic E-state index is 13.9. The second-order valence-electron chi connectivity index (χ2n) is 5.14. The Morgan fingerprint density at radius 2 is 2.25 bits per heavy atom. The average Bonchev–Trinajstić information content (AvgIpc) is 3.17. The Hall–Kier alpha value is -1.88. The molecule has 0 atom stereocenters. The van der Waals surface area contributed by atoms with Crippen molar-refractivity contribution in [2.24, 2.45) is 0 Å². The first-order valence-electron chi connectivity index (χ1n) is 6.77. The molecule has 1 heterocycles. The zero-order valence-corrected chi connectivity index (χ0v) is 11.4. The molecule has 1 aliphatic rings. The molecule has 1 N–H and O–H groups in total. The van der Waals surface area contributed by atoms with Crippen LogP contribution in [0.2, 0.25) is 0 Å². The van der Waals surface area contributed by atoms with E-state index in [2.05, 4.69) is 10.5 Å². The molecule has 2 aromatic rings. The summed E-state index contributed by atoms with van der Waals surface area (Å²) in [4.78, 5) is 0. The van der Waals surface area contributed by atoms with Crippen molar-refractivity contribution >= 4 is 0 Å². The molecule has 1 aromatic heterocycles. The van der Waals surface area contributed by atoms with Crippen LogP contribution >= 0.6 is 0 Å². The van der Waals surface area contributed by atoms with Crippen LogP contribution in [0, 0.1) is 12.7 Å². The third kappa shape index (κ3) is 3.36. The molecule has 1 aliphatic carbocycles. The lowest BCUT2D eigenvalue weighted by molar-refractivity contribution is 0.240. The lowest BCUT2D eigenvalue weighted by Gasteiger charge is -2.08. The molecule has 3 rings (SSSR count). The molecular weight excluding hydrogens is 259 g/mol. The highest BCUT2D eigenvalue weighted by atomic mass is 19.1. The fourth-order valence-corrected chi connectivity index (χ4v) is 1.95. The van der Waals surface area contributed by atoms with Crippen molar-refractivity contribution in [1.82, 2.24) is 10.5 Å². The van der Waals surface area contributed by atoms with Crippen LogP contribution in [0.25, 0.3) is 0 Å². The number of halogens is 1.